The van der Waals surface area contributed by atoms with Crippen LogP contribution in [0.1, 0.15) is 12.2 Å². The first-order valence-corrected chi connectivity index (χ1v) is 6.20. The lowest BCUT2D eigenvalue weighted by molar-refractivity contribution is -0.144. The lowest BCUT2D eigenvalue weighted by atomic mass is 10.2. The zero-order valence-electron chi connectivity index (χ0n) is 9.24. The number of alkyl halides is 3. The van der Waals surface area contributed by atoms with E-state index < -0.39 is 17.8 Å². The molecule has 3 rings (SSSR count). The van der Waals surface area contributed by atoms with E-state index in [-0.39, 0.29) is 5.13 Å². The number of ether oxygens (including phenoxy) is 2. The molecule has 18 heavy (non-hydrogen) atoms. The summed E-state index contributed by atoms with van der Waals surface area (Å²) in [4.78, 5) is 5.24. The van der Waals surface area contributed by atoms with Crippen molar-refractivity contribution < 1.29 is 22.6 Å². The summed E-state index contributed by atoms with van der Waals surface area (Å²) in [6.45, 7) is 2.02. The topological polar surface area (TPSA) is 47.5 Å². The molecule has 9 heteroatoms. The molecular formula is C9H10F3N3O2S. The number of hydrogen-bond donors (Lipinski definition) is 0. The summed E-state index contributed by atoms with van der Waals surface area (Å²) in [6.07, 6.45) is -3.86. The normalized spacial score (nSPS) is 23.2. The van der Waals surface area contributed by atoms with Gasteiger partial charge in [0.2, 0.25) is 11.0 Å². The van der Waals surface area contributed by atoms with Crippen LogP contribution in [0.4, 0.5) is 18.3 Å². The van der Waals surface area contributed by atoms with E-state index in [4.69, 9.17) is 9.47 Å². The molecule has 0 atom stereocenters. The van der Waals surface area contributed by atoms with E-state index in [1.807, 2.05) is 0 Å². The summed E-state index contributed by atoms with van der Waals surface area (Å²) in [5, 5.41) is 0.262. The minimum atomic E-state index is -4.49. The van der Waals surface area contributed by atoms with Gasteiger partial charge in [-0.25, -0.2) is 0 Å². The second-order valence-corrected chi connectivity index (χ2v) is 4.91. The average molecular weight is 281 g/mol. The summed E-state index contributed by atoms with van der Waals surface area (Å²) in [7, 11) is 0. The predicted octanol–water partition coefficient (Wildman–Crippen LogP) is 1.51. The van der Waals surface area contributed by atoms with Gasteiger partial charge in [0, 0.05) is 24.5 Å². The highest BCUT2D eigenvalue weighted by Crippen LogP contribution is 2.36. The van der Waals surface area contributed by atoms with Gasteiger partial charge in [0.15, 0.2) is 5.79 Å². The highest BCUT2D eigenvalue weighted by Gasteiger charge is 2.45. The Morgan fingerprint density at radius 2 is 2.00 bits per heavy atom. The molecule has 0 aromatic carbocycles. The monoisotopic (exact) mass is 281 g/mol. The Balaban J connectivity index is 1.75. The van der Waals surface area contributed by atoms with Crippen molar-refractivity contribution in [2.45, 2.75) is 18.4 Å². The Bertz CT molecular complexity index is 445. The lowest BCUT2D eigenvalue weighted by Crippen LogP contribution is -2.34. The lowest BCUT2D eigenvalue weighted by Gasteiger charge is -2.21. The zero-order chi connectivity index (χ0) is 12.8. The van der Waals surface area contributed by atoms with Gasteiger partial charge in [-0.05, 0) is 0 Å². The largest absolute Gasteiger partial charge is 0.452 e. The molecule has 0 N–H and O–H groups in total. The zero-order valence-corrected chi connectivity index (χ0v) is 10.1. The van der Waals surface area contributed by atoms with Crippen LogP contribution in [-0.4, -0.2) is 41.4 Å². The van der Waals surface area contributed by atoms with E-state index >= 15 is 0 Å². The van der Waals surface area contributed by atoms with Crippen LogP contribution in [-0.2, 0) is 15.7 Å². The molecule has 3 heterocycles. The van der Waals surface area contributed by atoms with Crippen molar-refractivity contribution in [3.8, 4) is 0 Å². The number of halogens is 3. The summed E-state index contributed by atoms with van der Waals surface area (Å²) >= 11 is 0.750. The fourth-order valence-corrected chi connectivity index (χ4v) is 2.82. The Hall–Kier alpha value is -0.930. The molecule has 100 valence electrons. The number of hydrogen-bond acceptors (Lipinski definition) is 6. The molecule has 0 amide bonds. The Labute approximate surface area is 105 Å². The van der Waals surface area contributed by atoms with Crippen LogP contribution in [0.15, 0.2) is 0 Å². The van der Waals surface area contributed by atoms with E-state index in [0.29, 0.717) is 32.7 Å². The van der Waals surface area contributed by atoms with Crippen molar-refractivity contribution in [3.05, 3.63) is 5.82 Å². The molecule has 2 fully saturated rings. The third-order valence-corrected chi connectivity index (χ3v) is 3.72. The van der Waals surface area contributed by atoms with Crippen molar-refractivity contribution >= 4 is 16.7 Å². The first-order valence-electron chi connectivity index (χ1n) is 5.42. The van der Waals surface area contributed by atoms with Gasteiger partial charge in [-0.1, -0.05) is 0 Å². The van der Waals surface area contributed by atoms with Crippen molar-refractivity contribution in [1.82, 2.24) is 9.36 Å². The molecule has 5 nitrogen and oxygen atoms in total. The summed E-state index contributed by atoms with van der Waals surface area (Å²) < 4.78 is 51.5. The maximum atomic E-state index is 12.4. The highest BCUT2D eigenvalue weighted by atomic mass is 32.1. The van der Waals surface area contributed by atoms with Crippen LogP contribution in [0.5, 0.6) is 0 Å². The van der Waals surface area contributed by atoms with E-state index in [0.717, 1.165) is 11.5 Å². The van der Waals surface area contributed by atoms with Gasteiger partial charge in [0.25, 0.3) is 0 Å². The summed E-state index contributed by atoms with van der Waals surface area (Å²) in [5.41, 5.74) is 0. The van der Waals surface area contributed by atoms with Gasteiger partial charge in [0.05, 0.1) is 19.8 Å². The van der Waals surface area contributed by atoms with Crippen molar-refractivity contribution in [2.75, 3.05) is 31.2 Å². The molecule has 1 aromatic heterocycles. The van der Waals surface area contributed by atoms with Gasteiger partial charge in [0.1, 0.15) is 0 Å². The van der Waals surface area contributed by atoms with Crippen LogP contribution in [0.2, 0.25) is 0 Å². The number of nitrogens with zero attached hydrogens (tertiary/aromatic N) is 3. The number of rotatable bonds is 1. The van der Waals surface area contributed by atoms with E-state index in [1.165, 1.54) is 0 Å². The fourth-order valence-electron chi connectivity index (χ4n) is 2.11. The van der Waals surface area contributed by atoms with Crippen LogP contribution < -0.4 is 4.90 Å². The Kier molecular flexibility index (Phi) is 2.72. The Morgan fingerprint density at radius 3 is 2.61 bits per heavy atom. The van der Waals surface area contributed by atoms with Crippen LogP contribution in [0.25, 0.3) is 0 Å². The fraction of sp³-hybridized carbons (Fsp3) is 0.778. The maximum absolute atomic E-state index is 12.4. The van der Waals surface area contributed by atoms with E-state index in [1.54, 1.807) is 4.90 Å². The molecule has 0 radical (unpaired) electrons. The van der Waals surface area contributed by atoms with Crippen LogP contribution in [0, 0.1) is 0 Å². The number of aromatic nitrogens is 2. The first-order chi connectivity index (χ1) is 8.49. The second-order valence-electron chi connectivity index (χ2n) is 4.18. The molecule has 0 aliphatic carbocycles. The molecule has 2 saturated heterocycles. The molecule has 2 aliphatic rings. The SMILES string of the molecule is FC(F)(F)c1nsc(N2CCC3(C2)OCCO3)n1. The van der Waals surface area contributed by atoms with Gasteiger partial charge < -0.3 is 14.4 Å². The van der Waals surface area contributed by atoms with Gasteiger partial charge in [-0.3, -0.25) is 0 Å². The first kappa shape index (κ1) is 12.1. The molecule has 2 aliphatic heterocycles. The minimum Gasteiger partial charge on any atom is -0.346 e. The highest BCUT2D eigenvalue weighted by molar-refractivity contribution is 7.09. The number of anilines is 1. The third-order valence-electron chi connectivity index (χ3n) is 2.95. The molecule has 0 saturated carbocycles. The van der Waals surface area contributed by atoms with Crippen molar-refractivity contribution in [1.29, 1.82) is 0 Å². The standard InChI is InChI=1S/C9H10F3N3O2S/c10-9(11,12)6-13-7(18-14-6)15-2-1-8(5-15)16-3-4-17-8/h1-5H2. The quantitative estimate of drug-likeness (QED) is 0.781. The van der Waals surface area contributed by atoms with E-state index in [9.17, 15) is 13.2 Å². The van der Waals surface area contributed by atoms with E-state index in [2.05, 4.69) is 9.36 Å². The van der Waals surface area contributed by atoms with Gasteiger partial charge in [-0.2, -0.15) is 22.5 Å². The Morgan fingerprint density at radius 1 is 1.28 bits per heavy atom. The molecule has 1 aromatic rings. The second kappa shape index (κ2) is 4.04. The van der Waals surface area contributed by atoms with Crippen LogP contribution in [0.3, 0.4) is 0 Å². The van der Waals surface area contributed by atoms with Crippen LogP contribution >= 0.6 is 11.5 Å². The summed E-state index contributed by atoms with van der Waals surface area (Å²) in [6, 6.07) is 0. The maximum Gasteiger partial charge on any atom is 0.452 e. The van der Waals surface area contributed by atoms with Crippen molar-refractivity contribution in [2.24, 2.45) is 0 Å². The molecular weight excluding hydrogens is 271 g/mol. The predicted molar refractivity (Wildman–Crippen MR) is 56.4 cm³/mol. The van der Waals surface area contributed by atoms with Gasteiger partial charge >= 0.3 is 6.18 Å². The minimum absolute atomic E-state index is 0.262. The molecule has 0 bridgehead atoms. The molecule has 0 unspecified atom stereocenters. The smallest absolute Gasteiger partial charge is 0.346 e. The van der Waals surface area contributed by atoms with Gasteiger partial charge in [-0.15, -0.1) is 0 Å². The average Bonchev–Trinajstić information content (AvgIpc) is 3.00. The van der Waals surface area contributed by atoms with Crippen molar-refractivity contribution in [3.63, 3.8) is 0 Å². The molecule has 1 spiro atoms. The third kappa shape index (κ3) is 2.06. The summed E-state index contributed by atoms with van der Waals surface area (Å²) in [5.74, 6) is -1.75.